The molecular formula is C45H31N3O2S. The van der Waals surface area contributed by atoms with Crippen LogP contribution in [0.5, 0.6) is 5.75 Å². The molecule has 0 radical (unpaired) electrons. The first kappa shape index (κ1) is 28.8. The van der Waals surface area contributed by atoms with Gasteiger partial charge in [0.2, 0.25) is 0 Å². The van der Waals surface area contributed by atoms with Crippen LogP contribution >= 0.6 is 11.3 Å². The monoisotopic (exact) mass is 677 g/mol. The van der Waals surface area contributed by atoms with Crippen molar-refractivity contribution in [3.8, 4) is 16.9 Å². The molecule has 2 N–H and O–H groups in total. The van der Waals surface area contributed by atoms with Crippen LogP contribution in [0.2, 0.25) is 0 Å². The molecule has 5 nitrogen and oxygen atoms in total. The average molecular weight is 678 g/mol. The van der Waals surface area contributed by atoms with E-state index in [9.17, 15) is 0 Å². The normalized spacial score (nSPS) is 20.9. The Hall–Kier alpha value is -5.95. The number of furan rings is 1. The molecule has 4 unspecified atom stereocenters. The second kappa shape index (κ2) is 11.3. The number of hydrogen-bond donors (Lipinski definition) is 2. The summed E-state index contributed by atoms with van der Waals surface area (Å²) in [6.45, 7) is 0. The Balaban J connectivity index is 0.952. The molecule has 0 spiro atoms. The number of nitrogens with one attached hydrogen (secondary N) is 2. The fourth-order valence-corrected chi connectivity index (χ4v) is 9.30. The summed E-state index contributed by atoms with van der Waals surface area (Å²) in [5.41, 5.74) is 8.63. The molecule has 4 atom stereocenters. The van der Waals surface area contributed by atoms with Gasteiger partial charge in [0.1, 0.15) is 41.2 Å². The van der Waals surface area contributed by atoms with Gasteiger partial charge in [0, 0.05) is 59.1 Å². The van der Waals surface area contributed by atoms with Gasteiger partial charge in [-0.2, -0.15) is 0 Å². The number of benzene rings is 6. The van der Waals surface area contributed by atoms with E-state index >= 15 is 0 Å². The highest BCUT2D eigenvalue weighted by Gasteiger charge is 2.37. The summed E-state index contributed by atoms with van der Waals surface area (Å²) in [6.07, 6.45) is 6.28. The van der Waals surface area contributed by atoms with E-state index in [0.717, 1.165) is 55.8 Å². The highest BCUT2D eigenvalue weighted by molar-refractivity contribution is 7.26. The van der Waals surface area contributed by atoms with Crippen molar-refractivity contribution in [1.29, 1.82) is 0 Å². The molecule has 0 fully saturated rings. The van der Waals surface area contributed by atoms with Crippen LogP contribution in [0.1, 0.15) is 28.8 Å². The number of amidine groups is 1. The zero-order valence-electron chi connectivity index (χ0n) is 27.4. The Labute approximate surface area is 298 Å². The Morgan fingerprint density at radius 3 is 2.39 bits per heavy atom. The molecule has 1 aliphatic carbocycles. The molecular weight excluding hydrogens is 647 g/mol. The van der Waals surface area contributed by atoms with Crippen LogP contribution in [0.25, 0.3) is 53.2 Å². The molecule has 2 aromatic heterocycles. The van der Waals surface area contributed by atoms with E-state index in [-0.39, 0.29) is 24.4 Å². The van der Waals surface area contributed by atoms with Gasteiger partial charge in [-0.3, -0.25) is 5.32 Å². The smallest absolute Gasteiger partial charge is 0.135 e. The standard InChI is InChI=1S/C45H31N3O2S/c1-2-10-26(11-3-1)43-46-44(27-21-23-38-36(24-27)29-12-4-6-18-37(29)49-38)48-45(47-43)28-20-22-30-32-14-8-15-33(41(32)50-39(30)25-28)35-17-9-16-34-31-13-5-7-19-40(31)51-42(34)35/h1-25,30,39,44-45,48H,(H,46,47). The quantitative estimate of drug-likeness (QED) is 0.195. The number of thiophene rings is 1. The van der Waals surface area contributed by atoms with E-state index in [1.807, 2.05) is 29.5 Å². The van der Waals surface area contributed by atoms with E-state index in [2.05, 4.69) is 144 Å². The third-order valence-corrected chi connectivity index (χ3v) is 11.7. The van der Waals surface area contributed by atoms with Crippen molar-refractivity contribution < 1.29 is 9.15 Å². The van der Waals surface area contributed by atoms with Crippen molar-refractivity contribution in [2.24, 2.45) is 4.99 Å². The van der Waals surface area contributed by atoms with Crippen LogP contribution in [-0.4, -0.2) is 18.1 Å². The number of nitrogens with zero attached hydrogens (tertiary/aromatic N) is 1. The number of aliphatic imine (C=N–C) groups is 1. The predicted octanol–water partition coefficient (Wildman–Crippen LogP) is 10.6. The minimum Gasteiger partial charge on any atom is -0.484 e. The van der Waals surface area contributed by atoms with Crippen molar-refractivity contribution in [2.45, 2.75) is 24.4 Å². The van der Waals surface area contributed by atoms with Crippen LogP contribution < -0.4 is 15.4 Å². The van der Waals surface area contributed by atoms with E-state index in [1.165, 1.54) is 31.3 Å². The van der Waals surface area contributed by atoms with Crippen LogP contribution in [0, 0.1) is 0 Å². The third-order valence-electron chi connectivity index (χ3n) is 10.5. The summed E-state index contributed by atoms with van der Waals surface area (Å²) in [7, 11) is 0. The molecule has 3 aliphatic rings. The molecule has 0 saturated heterocycles. The highest BCUT2D eigenvalue weighted by atomic mass is 32.1. The maximum Gasteiger partial charge on any atom is 0.135 e. The molecule has 8 aromatic rings. The second-order valence-electron chi connectivity index (χ2n) is 13.5. The topological polar surface area (TPSA) is 58.8 Å². The number of hydrogen-bond acceptors (Lipinski definition) is 6. The first-order valence-electron chi connectivity index (χ1n) is 17.4. The van der Waals surface area contributed by atoms with Gasteiger partial charge >= 0.3 is 0 Å². The van der Waals surface area contributed by atoms with Gasteiger partial charge in [0.25, 0.3) is 0 Å². The van der Waals surface area contributed by atoms with Gasteiger partial charge < -0.3 is 14.5 Å². The van der Waals surface area contributed by atoms with Crippen molar-refractivity contribution in [3.63, 3.8) is 0 Å². The van der Waals surface area contributed by atoms with Crippen LogP contribution in [0.3, 0.4) is 0 Å². The maximum absolute atomic E-state index is 6.92. The molecule has 0 bridgehead atoms. The number of para-hydroxylation sites is 2. The lowest BCUT2D eigenvalue weighted by molar-refractivity contribution is 0.266. The highest BCUT2D eigenvalue weighted by Crippen LogP contribution is 2.50. The molecule has 244 valence electrons. The van der Waals surface area contributed by atoms with Crippen molar-refractivity contribution in [2.75, 3.05) is 0 Å². The summed E-state index contributed by atoms with van der Waals surface area (Å²) in [5, 5.41) is 12.3. The van der Waals surface area contributed by atoms with Gasteiger partial charge in [-0.1, -0.05) is 121 Å². The van der Waals surface area contributed by atoms with E-state index in [4.69, 9.17) is 14.1 Å². The minimum absolute atomic E-state index is 0.113. The SMILES string of the molecule is C1=CC2c3cccc(-c4cccc5c4sc4ccccc45)c3OC2C=C1C1NC(c2ccccc2)=NC(c2ccc3oc4ccccc4c3c2)N1. The Kier molecular flexibility index (Phi) is 6.38. The Bertz CT molecular complexity index is 2770. The Morgan fingerprint density at radius 2 is 1.45 bits per heavy atom. The zero-order chi connectivity index (χ0) is 33.5. The molecule has 11 rings (SSSR count). The van der Waals surface area contributed by atoms with Gasteiger partial charge in [-0.05, 0) is 41.5 Å². The first-order valence-corrected chi connectivity index (χ1v) is 18.2. The molecule has 4 heterocycles. The van der Waals surface area contributed by atoms with E-state index in [1.54, 1.807) is 0 Å². The number of fused-ring (bicyclic) bond motifs is 9. The van der Waals surface area contributed by atoms with Gasteiger partial charge in [-0.25, -0.2) is 4.99 Å². The third kappa shape index (κ3) is 4.61. The molecule has 0 saturated carbocycles. The molecule has 51 heavy (non-hydrogen) atoms. The summed E-state index contributed by atoms with van der Waals surface area (Å²) < 4.78 is 15.7. The largest absolute Gasteiger partial charge is 0.484 e. The number of ether oxygens (including phenoxy) is 1. The molecule has 6 heteroatoms. The second-order valence-corrected chi connectivity index (χ2v) is 14.5. The van der Waals surface area contributed by atoms with Crippen LogP contribution in [0.15, 0.2) is 167 Å². The van der Waals surface area contributed by atoms with Crippen LogP contribution in [-0.2, 0) is 0 Å². The van der Waals surface area contributed by atoms with Gasteiger partial charge in [0.15, 0.2) is 0 Å². The average Bonchev–Trinajstić information content (AvgIpc) is 3.89. The molecule has 6 aromatic carbocycles. The lowest BCUT2D eigenvalue weighted by Crippen LogP contribution is -2.52. The lowest BCUT2D eigenvalue weighted by Gasteiger charge is -2.34. The minimum atomic E-state index is -0.272. The van der Waals surface area contributed by atoms with Gasteiger partial charge in [-0.15, -0.1) is 11.3 Å². The summed E-state index contributed by atoms with van der Waals surface area (Å²) in [4.78, 5) is 5.21. The summed E-state index contributed by atoms with van der Waals surface area (Å²) in [5.74, 6) is 1.98. The van der Waals surface area contributed by atoms with E-state index < -0.39 is 0 Å². The Morgan fingerprint density at radius 1 is 0.667 bits per heavy atom. The summed E-state index contributed by atoms with van der Waals surface area (Å²) >= 11 is 1.86. The first-order chi connectivity index (χ1) is 25.2. The van der Waals surface area contributed by atoms with Crippen molar-refractivity contribution in [3.05, 3.63) is 174 Å². The number of rotatable bonds is 4. The summed E-state index contributed by atoms with van der Waals surface area (Å²) in [6, 6.07) is 46.9. The molecule has 2 aliphatic heterocycles. The fourth-order valence-electron chi connectivity index (χ4n) is 8.07. The van der Waals surface area contributed by atoms with Crippen LogP contribution in [0.4, 0.5) is 0 Å². The molecule has 0 amide bonds. The zero-order valence-corrected chi connectivity index (χ0v) is 28.2. The van der Waals surface area contributed by atoms with E-state index in [0.29, 0.717) is 0 Å². The lowest BCUT2D eigenvalue weighted by atomic mass is 9.87. The fraction of sp³-hybridized carbons (Fsp3) is 0.0889. The van der Waals surface area contributed by atoms with Crippen molar-refractivity contribution >= 4 is 59.3 Å². The maximum atomic E-state index is 6.92. The van der Waals surface area contributed by atoms with Crippen molar-refractivity contribution in [1.82, 2.24) is 10.6 Å². The predicted molar refractivity (Wildman–Crippen MR) is 209 cm³/mol. The van der Waals surface area contributed by atoms with Gasteiger partial charge in [0.05, 0.1) is 0 Å².